The summed E-state index contributed by atoms with van der Waals surface area (Å²) in [7, 11) is 0. The quantitative estimate of drug-likeness (QED) is 0.810. The fourth-order valence-electron chi connectivity index (χ4n) is 2.23. The van der Waals surface area contributed by atoms with Crippen LogP contribution in [0.5, 0.6) is 0 Å². The molecule has 0 atom stereocenters. The molecule has 1 aromatic rings. The second-order valence-corrected chi connectivity index (χ2v) is 4.33. The third-order valence-corrected chi connectivity index (χ3v) is 3.23. The molecule has 0 spiro atoms. The van der Waals surface area contributed by atoms with Crippen molar-refractivity contribution in [2.45, 2.75) is 19.8 Å². The first-order valence-electron chi connectivity index (χ1n) is 5.63. The summed E-state index contributed by atoms with van der Waals surface area (Å²) in [6.07, 6.45) is 5.40. The lowest BCUT2D eigenvalue weighted by Gasteiger charge is -2.33. The molecule has 0 aromatic carbocycles. The molecule has 2 heterocycles. The van der Waals surface area contributed by atoms with Gasteiger partial charge in [0.2, 0.25) is 5.91 Å². The van der Waals surface area contributed by atoms with Gasteiger partial charge in [-0.1, -0.05) is 0 Å². The molecule has 0 aliphatic carbocycles. The third kappa shape index (κ3) is 2.15. The molecule has 0 radical (unpaired) electrons. The molecule has 4 nitrogen and oxygen atoms in total. The summed E-state index contributed by atoms with van der Waals surface area (Å²) >= 11 is 0. The van der Waals surface area contributed by atoms with Gasteiger partial charge in [0, 0.05) is 37.1 Å². The van der Waals surface area contributed by atoms with E-state index in [1.54, 1.807) is 0 Å². The summed E-state index contributed by atoms with van der Waals surface area (Å²) in [4.78, 5) is 17.4. The van der Waals surface area contributed by atoms with Gasteiger partial charge in [-0.3, -0.25) is 9.78 Å². The molecule has 0 unspecified atom stereocenters. The second-order valence-electron chi connectivity index (χ2n) is 4.33. The minimum Gasteiger partial charge on any atom is -0.371 e. The van der Waals surface area contributed by atoms with Crippen LogP contribution >= 0.6 is 0 Å². The van der Waals surface area contributed by atoms with Gasteiger partial charge in [0.25, 0.3) is 0 Å². The summed E-state index contributed by atoms with van der Waals surface area (Å²) < 4.78 is 0. The summed E-state index contributed by atoms with van der Waals surface area (Å²) in [6, 6.07) is 2.03. The number of nitrogens with two attached hydrogens (primary N) is 1. The molecule has 1 amide bonds. The number of rotatable bonds is 2. The minimum atomic E-state index is -0.161. The van der Waals surface area contributed by atoms with Gasteiger partial charge in [-0.05, 0) is 31.4 Å². The lowest BCUT2D eigenvalue weighted by atomic mass is 9.96. The summed E-state index contributed by atoms with van der Waals surface area (Å²) in [5.74, 6) is -0.107. The van der Waals surface area contributed by atoms with Gasteiger partial charge in [-0.15, -0.1) is 0 Å². The number of piperidine rings is 1. The Morgan fingerprint density at radius 2 is 2.19 bits per heavy atom. The number of primary amides is 1. The average molecular weight is 219 g/mol. The Morgan fingerprint density at radius 3 is 2.75 bits per heavy atom. The van der Waals surface area contributed by atoms with Crippen molar-refractivity contribution in [3.05, 3.63) is 24.0 Å². The van der Waals surface area contributed by atoms with Gasteiger partial charge in [0.1, 0.15) is 0 Å². The lowest BCUT2D eigenvalue weighted by Crippen LogP contribution is -2.38. The van der Waals surface area contributed by atoms with Gasteiger partial charge in [-0.2, -0.15) is 0 Å². The largest absolute Gasteiger partial charge is 0.371 e. The van der Waals surface area contributed by atoms with E-state index in [9.17, 15) is 4.79 Å². The maximum atomic E-state index is 11.1. The van der Waals surface area contributed by atoms with Crippen LogP contribution in [0.2, 0.25) is 0 Å². The van der Waals surface area contributed by atoms with Gasteiger partial charge in [-0.25, -0.2) is 0 Å². The summed E-state index contributed by atoms with van der Waals surface area (Å²) in [6.45, 7) is 3.86. The number of aryl methyl sites for hydroxylation is 1. The molecule has 4 heteroatoms. The number of hydrogen-bond acceptors (Lipinski definition) is 3. The number of nitrogens with zero attached hydrogens (tertiary/aromatic N) is 2. The van der Waals surface area contributed by atoms with Crippen molar-refractivity contribution in [3.8, 4) is 0 Å². The van der Waals surface area contributed by atoms with Crippen molar-refractivity contribution in [1.29, 1.82) is 0 Å². The monoisotopic (exact) mass is 219 g/mol. The molecule has 1 aromatic heterocycles. The maximum Gasteiger partial charge on any atom is 0.220 e. The van der Waals surface area contributed by atoms with Crippen LogP contribution in [0, 0.1) is 12.8 Å². The van der Waals surface area contributed by atoms with E-state index in [0.717, 1.165) is 25.9 Å². The molecular weight excluding hydrogens is 202 g/mol. The molecule has 0 bridgehead atoms. The van der Waals surface area contributed by atoms with Crippen LogP contribution in [-0.4, -0.2) is 24.0 Å². The van der Waals surface area contributed by atoms with E-state index < -0.39 is 0 Å². The van der Waals surface area contributed by atoms with Gasteiger partial charge in [0.05, 0.1) is 0 Å². The molecule has 2 rings (SSSR count). The molecule has 2 N–H and O–H groups in total. The number of pyridine rings is 1. The van der Waals surface area contributed by atoms with Gasteiger partial charge >= 0.3 is 0 Å². The fraction of sp³-hybridized carbons (Fsp3) is 0.500. The molecule has 86 valence electrons. The maximum absolute atomic E-state index is 11.1. The van der Waals surface area contributed by atoms with E-state index in [1.165, 1.54) is 11.3 Å². The molecule has 1 saturated heterocycles. The van der Waals surface area contributed by atoms with E-state index in [2.05, 4.69) is 16.8 Å². The van der Waals surface area contributed by atoms with Crippen molar-refractivity contribution >= 4 is 11.6 Å². The Bertz CT molecular complexity index is 384. The zero-order chi connectivity index (χ0) is 11.5. The highest BCUT2D eigenvalue weighted by Crippen LogP contribution is 2.24. The number of anilines is 1. The zero-order valence-corrected chi connectivity index (χ0v) is 9.52. The van der Waals surface area contributed by atoms with E-state index in [-0.39, 0.29) is 11.8 Å². The van der Waals surface area contributed by atoms with Crippen LogP contribution in [-0.2, 0) is 4.79 Å². The van der Waals surface area contributed by atoms with Crippen LogP contribution < -0.4 is 10.6 Å². The Kier molecular flexibility index (Phi) is 3.08. The number of carbonyl (C=O) groups is 1. The van der Waals surface area contributed by atoms with Crippen molar-refractivity contribution in [2.75, 3.05) is 18.0 Å². The van der Waals surface area contributed by atoms with Crippen molar-refractivity contribution in [3.63, 3.8) is 0 Å². The van der Waals surface area contributed by atoms with Gasteiger partial charge < -0.3 is 10.6 Å². The zero-order valence-electron chi connectivity index (χ0n) is 9.52. The summed E-state index contributed by atoms with van der Waals surface area (Å²) in [5.41, 5.74) is 7.71. The average Bonchev–Trinajstić information content (AvgIpc) is 2.30. The fourth-order valence-corrected chi connectivity index (χ4v) is 2.23. The van der Waals surface area contributed by atoms with Crippen LogP contribution in [0.3, 0.4) is 0 Å². The van der Waals surface area contributed by atoms with Gasteiger partial charge in [0.15, 0.2) is 0 Å². The molecule has 1 aliphatic rings. The number of carbonyl (C=O) groups excluding carboxylic acids is 1. The van der Waals surface area contributed by atoms with Crippen LogP contribution in [0.4, 0.5) is 5.69 Å². The smallest absolute Gasteiger partial charge is 0.220 e. The van der Waals surface area contributed by atoms with Crippen molar-refractivity contribution in [2.24, 2.45) is 11.7 Å². The Balaban J connectivity index is 2.05. The van der Waals surface area contributed by atoms with Crippen LogP contribution in [0.1, 0.15) is 18.4 Å². The SMILES string of the molecule is Cc1cnccc1N1CCC(C(N)=O)CC1. The predicted octanol–water partition coefficient (Wildman–Crippen LogP) is 1.09. The molecule has 16 heavy (non-hydrogen) atoms. The molecular formula is C12H17N3O. The van der Waals surface area contributed by atoms with Crippen LogP contribution in [0.25, 0.3) is 0 Å². The lowest BCUT2D eigenvalue weighted by molar-refractivity contribution is -0.122. The summed E-state index contributed by atoms with van der Waals surface area (Å²) in [5, 5.41) is 0. The topological polar surface area (TPSA) is 59.2 Å². The minimum absolute atomic E-state index is 0.0541. The van der Waals surface area contributed by atoms with E-state index in [0.29, 0.717) is 0 Å². The van der Waals surface area contributed by atoms with Crippen LogP contribution in [0.15, 0.2) is 18.5 Å². The predicted molar refractivity (Wildman–Crippen MR) is 63.1 cm³/mol. The molecule has 1 aliphatic heterocycles. The Labute approximate surface area is 95.5 Å². The first-order chi connectivity index (χ1) is 7.68. The number of aromatic nitrogens is 1. The first kappa shape index (κ1) is 10.9. The highest BCUT2D eigenvalue weighted by molar-refractivity contribution is 5.77. The van der Waals surface area contributed by atoms with E-state index in [1.807, 2.05) is 18.5 Å². The number of amides is 1. The Hall–Kier alpha value is -1.58. The van der Waals surface area contributed by atoms with E-state index in [4.69, 9.17) is 5.73 Å². The van der Waals surface area contributed by atoms with Crippen molar-refractivity contribution in [1.82, 2.24) is 4.98 Å². The molecule has 1 fully saturated rings. The Morgan fingerprint density at radius 1 is 1.50 bits per heavy atom. The second kappa shape index (κ2) is 4.51. The molecule has 0 saturated carbocycles. The highest BCUT2D eigenvalue weighted by Gasteiger charge is 2.23. The standard InChI is InChI=1S/C12H17N3O/c1-9-8-14-5-2-11(9)15-6-3-10(4-7-15)12(13)16/h2,5,8,10H,3-4,6-7H2,1H3,(H2,13,16). The third-order valence-electron chi connectivity index (χ3n) is 3.23. The number of hydrogen-bond donors (Lipinski definition) is 1. The normalized spacial score (nSPS) is 17.4. The van der Waals surface area contributed by atoms with E-state index >= 15 is 0 Å². The van der Waals surface area contributed by atoms with Crippen molar-refractivity contribution < 1.29 is 4.79 Å². The highest BCUT2D eigenvalue weighted by atomic mass is 16.1. The first-order valence-corrected chi connectivity index (χ1v) is 5.63.